The fourth-order valence-corrected chi connectivity index (χ4v) is 5.21. The average Bonchev–Trinajstić information content (AvgIpc) is 3.20. The molecule has 0 saturated heterocycles. The molecular weight excluding hydrogens is 484 g/mol. The molecule has 4 rings (SSSR count). The monoisotopic (exact) mass is 510 g/mol. The van der Waals surface area contributed by atoms with Gasteiger partial charge in [0, 0.05) is 35.6 Å². The lowest BCUT2D eigenvalue weighted by molar-refractivity contribution is -0.143. The molecule has 0 saturated carbocycles. The van der Waals surface area contributed by atoms with Gasteiger partial charge in [-0.25, -0.2) is 9.79 Å². The zero-order valence-corrected chi connectivity index (χ0v) is 21.4. The molecule has 7 nitrogen and oxygen atoms in total. The number of ether oxygens (including phenoxy) is 1. The standard InChI is InChI=1S/C26H27ClN4O3S/c1-16(2)34-25(33)23-17(3)30-26-31(24(23)20-9-4-5-10-21(20)27)19(15-35-26)14-22(32)29-13-11-18-8-6-7-12-28-18/h4-10,12,15-16,24H,11,13-14H2,1-3H3,(H,29,32)/t24-/m1/s1. The molecule has 0 bridgehead atoms. The van der Waals surface area contributed by atoms with Gasteiger partial charge >= 0.3 is 5.97 Å². The van der Waals surface area contributed by atoms with Crippen molar-refractivity contribution in [1.82, 2.24) is 15.2 Å². The van der Waals surface area contributed by atoms with Gasteiger partial charge in [0.05, 0.1) is 29.8 Å². The van der Waals surface area contributed by atoms with Crippen LogP contribution in [0.15, 0.2) is 76.0 Å². The molecule has 2 aliphatic rings. The van der Waals surface area contributed by atoms with E-state index in [0.717, 1.165) is 17.0 Å². The highest BCUT2D eigenvalue weighted by molar-refractivity contribution is 8.16. The summed E-state index contributed by atoms with van der Waals surface area (Å²) in [6.45, 7) is 5.90. The van der Waals surface area contributed by atoms with E-state index in [9.17, 15) is 9.59 Å². The third-order valence-corrected chi connectivity index (χ3v) is 6.77. The maximum absolute atomic E-state index is 13.2. The first-order valence-electron chi connectivity index (χ1n) is 11.4. The quantitative estimate of drug-likeness (QED) is 0.502. The van der Waals surface area contributed by atoms with E-state index in [2.05, 4.69) is 15.3 Å². The highest BCUT2D eigenvalue weighted by Gasteiger charge is 2.42. The molecule has 1 atom stereocenters. The van der Waals surface area contributed by atoms with E-state index >= 15 is 0 Å². The molecule has 182 valence electrons. The Hall–Kier alpha value is -3.10. The zero-order valence-electron chi connectivity index (χ0n) is 19.8. The SMILES string of the molecule is CC1=C(C(=O)OC(C)C)[C@@H](c2ccccc2Cl)N2C(CC(=O)NCCc3ccccn3)=CSC2=N1. The lowest BCUT2D eigenvalue weighted by atomic mass is 9.93. The van der Waals surface area contributed by atoms with Crippen LogP contribution in [0.4, 0.5) is 0 Å². The summed E-state index contributed by atoms with van der Waals surface area (Å²) >= 11 is 8.03. The Kier molecular flexibility index (Phi) is 7.93. The Morgan fingerprint density at radius 3 is 2.69 bits per heavy atom. The molecule has 0 fully saturated rings. The van der Waals surface area contributed by atoms with E-state index in [-0.39, 0.29) is 18.4 Å². The third-order valence-electron chi connectivity index (χ3n) is 5.53. The van der Waals surface area contributed by atoms with E-state index < -0.39 is 12.0 Å². The van der Waals surface area contributed by atoms with Crippen LogP contribution in [0, 0.1) is 0 Å². The molecule has 1 amide bonds. The summed E-state index contributed by atoms with van der Waals surface area (Å²) in [7, 11) is 0. The summed E-state index contributed by atoms with van der Waals surface area (Å²) in [6, 6.07) is 12.6. The minimum Gasteiger partial charge on any atom is -0.459 e. The largest absolute Gasteiger partial charge is 0.459 e. The predicted octanol–water partition coefficient (Wildman–Crippen LogP) is 5.01. The molecule has 0 radical (unpaired) electrons. The summed E-state index contributed by atoms with van der Waals surface area (Å²) in [5, 5.41) is 6.10. The minimum absolute atomic E-state index is 0.121. The number of esters is 1. The second-order valence-corrected chi connectivity index (χ2v) is 9.71. The van der Waals surface area contributed by atoms with Gasteiger partial charge in [0.1, 0.15) is 0 Å². The van der Waals surface area contributed by atoms with Crippen molar-refractivity contribution in [2.45, 2.75) is 45.8 Å². The van der Waals surface area contributed by atoms with Gasteiger partial charge in [-0.1, -0.05) is 47.6 Å². The molecule has 3 heterocycles. The number of halogens is 1. The number of hydrogen-bond donors (Lipinski definition) is 1. The molecule has 0 unspecified atom stereocenters. The van der Waals surface area contributed by atoms with E-state index in [1.165, 1.54) is 11.8 Å². The van der Waals surface area contributed by atoms with Crippen molar-refractivity contribution in [3.05, 3.63) is 87.3 Å². The molecule has 9 heteroatoms. The zero-order chi connectivity index (χ0) is 24.9. The number of benzene rings is 1. The van der Waals surface area contributed by atoms with Gasteiger partial charge in [-0.3, -0.25) is 9.78 Å². The third kappa shape index (κ3) is 5.77. The van der Waals surface area contributed by atoms with Gasteiger partial charge in [-0.2, -0.15) is 0 Å². The number of fused-ring (bicyclic) bond motifs is 1. The Morgan fingerprint density at radius 2 is 1.97 bits per heavy atom. The number of hydrogen-bond acceptors (Lipinski definition) is 7. The average molecular weight is 511 g/mol. The van der Waals surface area contributed by atoms with Crippen LogP contribution < -0.4 is 5.32 Å². The second kappa shape index (κ2) is 11.1. The fraction of sp³-hybridized carbons (Fsp3) is 0.308. The lowest BCUT2D eigenvalue weighted by Gasteiger charge is -2.36. The van der Waals surface area contributed by atoms with Crippen molar-refractivity contribution < 1.29 is 14.3 Å². The Bertz CT molecular complexity index is 1210. The van der Waals surface area contributed by atoms with Crippen LogP contribution in [0.25, 0.3) is 0 Å². The Balaban J connectivity index is 1.57. The number of carbonyl (C=O) groups is 2. The number of aliphatic imine (C=N–C) groups is 1. The van der Waals surface area contributed by atoms with Gasteiger partial charge < -0.3 is 15.0 Å². The van der Waals surface area contributed by atoms with E-state index in [1.54, 1.807) is 19.2 Å². The number of thioether (sulfide) groups is 1. The maximum atomic E-state index is 13.2. The van der Waals surface area contributed by atoms with Gasteiger partial charge in [0.25, 0.3) is 0 Å². The molecule has 2 aromatic rings. The van der Waals surface area contributed by atoms with Gasteiger partial charge in [-0.05, 0) is 49.9 Å². The normalized spacial score (nSPS) is 17.2. The molecule has 1 aromatic carbocycles. The number of aromatic nitrogens is 1. The van der Waals surface area contributed by atoms with Crippen LogP contribution >= 0.6 is 23.4 Å². The summed E-state index contributed by atoms with van der Waals surface area (Å²) in [5.41, 5.74) is 3.41. The minimum atomic E-state index is -0.551. The number of amides is 1. The van der Waals surface area contributed by atoms with Crippen molar-refractivity contribution in [3.63, 3.8) is 0 Å². The van der Waals surface area contributed by atoms with Crippen molar-refractivity contribution in [2.24, 2.45) is 4.99 Å². The highest BCUT2D eigenvalue weighted by Crippen LogP contribution is 2.46. The second-order valence-electron chi connectivity index (χ2n) is 8.47. The summed E-state index contributed by atoms with van der Waals surface area (Å²) in [5.74, 6) is -0.564. The van der Waals surface area contributed by atoms with Crippen molar-refractivity contribution >= 4 is 40.4 Å². The molecule has 2 aliphatic heterocycles. The van der Waals surface area contributed by atoms with Crippen LogP contribution in [0.3, 0.4) is 0 Å². The number of nitrogens with zero attached hydrogens (tertiary/aromatic N) is 3. The fourth-order valence-electron chi connectivity index (χ4n) is 4.00. The highest BCUT2D eigenvalue weighted by atomic mass is 35.5. The molecule has 0 spiro atoms. The van der Waals surface area contributed by atoms with Crippen LogP contribution in [0.5, 0.6) is 0 Å². The van der Waals surface area contributed by atoms with Crippen LogP contribution in [0.1, 0.15) is 44.5 Å². The van der Waals surface area contributed by atoms with Gasteiger partial charge in [0.15, 0.2) is 5.17 Å². The smallest absolute Gasteiger partial charge is 0.338 e. The van der Waals surface area contributed by atoms with E-state index in [4.69, 9.17) is 16.3 Å². The number of allylic oxidation sites excluding steroid dienone is 1. The van der Waals surface area contributed by atoms with E-state index in [0.29, 0.717) is 34.4 Å². The lowest BCUT2D eigenvalue weighted by Crippen LogP contribution is -2.38. The van der Waals surface area contributed by atoms with Crippen molar-refractivity contribution in [1.29, 1.82) is 0 Å². The molecule has 1 aromatic heterocycles. The maximum Gasteiger partial charge on any atom is 0.338 e. The van der Waals surface area contributed by atoms with Crippen LogP contribution in [-0.2, 0) is 20.7 Å². The number of carbonyl (C=O) groups excluding carboxylic acids is 2. The summed E-state index contributed by atoms with van der Waals surface area (Å²) in [4.78, 5) is 36.9. The summed E-state index contributed by atoms with van der Waals surface area (Å²) < 4.78 is 5.56. The number of amidine groups is 1. The number of pyridine rings is 1. The van der Waals surface area contributed by atoms with E-state index in [1.807, 2.05) is 60.6 Å². The molecule has 1 N–H and O–H groups in total. The van der Waals surface area contributed by atoms with Gasteiger partial charge in [-0.15, -0.1) is 0 Å². The topological polar surface area (TPSA) is 83.9 Å². The predicted molar refractivity (Wildman–Crippen MR) is 139 cm³/mol. The van der Waals surface area contributed by atoms with Crippen LogP contribution in [-0.4, -0.2) is 39.6 Å². The van der Waals surface area contributed by atoms with Crippen molar-refractivity contribution in [2.75, 3.05) is 6.54 Å². The Morgan fingerprint density at radius 1 is 1.20 bits per heavy atom. The van der Waals surface area contributed by atoms with Gasteiger partial charge in [0.2, 0.25) is 5.91 Å². The Labute approximate surface area is 214 Å². The molecular formula is C26H27ClN4O3S. The number of rotatable bonds is 8. The first kappa shape index (κ1) is 25.0. The molecule has 0 aliphatic carbocycles. The van der Waals surface area contributed by atoms with Crippen LogP contribution in [0.2, 0.25) is 5.02 Å². The first-order valence-corrected chi connectivity index (χ1v) is 12.7. The number of nitrogens with one attached hydrogen (secondary N) is 1. The summed E-state index contributed by atoms with van der Waals surface area (Å²) in [6.07, 6.45) is 2.24. The first-order chi connectivity index (χ1) is 16.8. The van der Waals surface area contributed by atoms with Crippen molar-refractivity contribution in [3.8, 4) is 0 Å². The molecule has 35 heavy (non-hydrogen) atoms.